The zero-order valence-electron chi connectivity index (χ0n) is 10.5. The van der Waals surface area contributed by atoms with Crippen molar-refractivity contribution in [3.63, 3.8) is 0 Å². The Morgan fingerprint density at radius 3 is 2.61 bits per heavy atom. The van der Waals surface area contributed by atoms with Crippen LogP contribution in [-0.4, -0.2) is 37.0 Å². The van der Waals surface area contributed by atoms with Crippen molar-refractivity contribution >= 4 is 11.9 Å². The van der Waals surface area contributed by atoms with E-state index in [1.807, 2.05) is 6.07 Å². The van der Waals surface area contributed by atoms with E-state index in [0.29, 0.717) is 5.56 Å². The highest BCUT2D eigenvalue weighted by Gasteiger charge is 2.20. The predicted octanol–water partition coefficient (Wildman–Crippen LogP) is 1.19. The number of carbonyl (C=O) groups excluding carboxylic acids is 2. The molecule has 1 aromatic carbocycles. The predicted molar refractivity (Wildman–Crippen MR) is 64.7 cm³/mol. The van der Waals surface area contributed by atoms with E-state index in [2.05, 4.69) is 0 Å². The number of nitrogens with zero attached hydrogens (tertiary/aromatic N) is 2. The first kappa shape index (κ1) is 13.7. The second-order valence-corrected chi connectivity index (χ2v) is 3.97. The molecule has 0 fully saturated rings. The molecule has 0 bridgehead atoms. The highest BCUT2D eigenvalue weighted by molar-refractivity contribution is 5.92. The largest absolute Gasteiger partial charge is 0.449 e. The summed E-state index contributed by atoms with van der Waals surface area (Å²) < 4.78 is 5.02. The van der Waals surface area contributed by atoms with Gasteiger partial charge in [-0.15, -0.1) is 0 Å². The molecule has 0 aromatic heterocycles. The SMILES string of the molecule is C[C@@H](OC(=O)c1cccc(C#N)c1)C(=O)N(C)C. The third-order valence-corrected chi connectivity index (χ3v) is 2.30. The Morgan fingerprint density at radius 2 is 2.06 bits per heavy atom. The van der Waals surface area contributed by atoms with E-state index in [-0.39, 0.29) is 11.5 Å². The molecule has 5 heteroatoms. The van der Waals surface area contributed by atoms with Gasteiger partial charge in [-0.1, -0.05) is 6.07 Å². The lowest BCUT2D eigenvalue weighted by molar-refractivity contribution is -0.137. The number of benzene rings is 1. The molecule has 1 amide bonds. The van der Waals surface area contributed by atoms with Crippen LogP contribution in [0.4, 0.5) is 0 Å². The zero-order valence-corrected chi connectivity index (χ0v) is 10.5. The number of carbonyl (C=O) groups is 2. The van der Waals surface area contributed by atoms with Crippen molar-refractivity contribution in [3.05, 3.63) is 35.4 Å². The molecule has 0 aliphatic carbocycles. The minimum atomic E-state index is -0.849. The monoisotopic (exact) mass is 246 g/mol. The van der Waals surface area contributed by atoms with Crippen LogP contribution in [-0.2, 0) is 9.53 Å². The molecular formula is C13H14N2O3. The molecule has 18 heavy (non-hydrogen) atoms. The van der Waals surface area contributed by atoms with Gasteiger partial charge in [0.05, 0.1) is 17.2 Å². The molecule has 94 valence electrons. The standard InChI is InChI=1S/C13H14N2O3/c1-9(12(16)15(2)3)18-13(17)11-6-4-5-10(7-11)8-14/h4-7,9H,1-3H3/t9-/m1/s1. The summed E-state index contributed by atoms with van der Waals surface area (Å²) >= 11 is 0. The molecule has 1 atom stereocenters. The van der Waals surface area contributed by atoms with Crippen LogP contribution in [0.2, 0.25) is 0 Å². The third kappa shape index (κ3) is 3.32. The van der Waals surface area contributed by atoms with Gasteiger partial charge in [0.2, 0.25) is 0 Å². The van der Waals surface area contributed by atoms with Crippen LogP contribution in [0.25, 0.3) is 0 Å². The summed E-state index contributed by atoms with van der Waals surface area (Å²) in [5, 5.41) is 8.72. The lowest BCUT2D eigenvalue weighted by Gasteiger charge is -2.17. The summed E-state index contributed by atoms with van der Waals surface area (Å²) in [4.78, 5) is 24.6. The molecule has 0 N–H and O–H groups in total. The molecule has 5 nitrogen and oxygen atoms in total. The number of rotatable bonds is 3. The maximum Gasteiger partial charge on any atom is 0.338 e. The summed E-state index contributed by atoms with van der Waals surface area (Å²) in [6, 6.07) is 8.08. The highest BCUT2D eigenvalue weighted by Crippen LogP contribution is 2.08. The Labute approximate surface area is 106 Å². The van der Waals surface area contributed by atoms with Crippen LogP contribution >= 0.6 is 0 Å². The molecule has 1 aromatic rings. The van der Waals surface area contributed by atoms with Crippen LogP contribution in [0.5, 0.6) is 0 Å². The number of hydrogen-bond acceptors (Lipinski definition) is 4. The van der Waals surface area contributed by atoms with Crippen molar-refractivity contribution in [2.24, 2.45) is 0 Å². The van der Waals surface area contributed by atoms with Gasteiger partial charge in [-0.2, -0.15) is 5.26 Å². The van der Waals surface area contributed by atoms with E-state index < -0.39 is 12.1 Å². The van der Waals surface area contributed by atoms with Crippen molar-refractivity contribution in [1.29, 1.82) is 5.26 Å². The topological polar surface area (TPSA) is 70.4 Å². The number of amides is 1. The Hall–Kier alpha value is -2.35. The first-order chi connectivity index (χ1) is 8.45. The fraction of sp³-hybridized carbons (Fsp3) is 0.308. The van der Waals surface area contributed by atoms with Crippen molar-refractivity contribution < 1.29 is 14.3 Å². The summed E-state index contributed by atoms with van der Waals surface area (Å²) in [5.74, 6) is -0.908. The molecular weight excluding hydrogens is 232 g/mol. The fourth-order valence-corrected chi connectivity index (χ4v) is 1.36. The molecule has 0 aliphatic rings. The summed E-state index contributed by atoms with van der Waals surface area (Å²) in [7, 11) is 3.17. The molecule has 0 spiro atoms. The van der Waals surface area contributed by atoms with Gasteiger partial charge in [-0.05, 0) is 25.1 Å². The van der Waals surface area contributed by atoms with Gasteiger partial charge in [-0.3, -0.25) is 4.79 Å². The van der Waals surface area contributed by atoms with Crippen LogP contribution in [0.15, 0.2) is 24.3 Å². The van der Waals surface area contributed by atoms with Gasteiger partial charge in [0, 0.05) is 14.1 Å². The van der Waals surface area contributed by atoms with Crippen molar-refractivity contribution in [2.45, 2.75) is 13.0 Å². The van der Waals surface area contributed by atoms with Gasteiger partial charge >= 0.3 is 5.97 Å². The quantitative estimate of drug-likeness (QED) is 0.751. The number of esters is 1. The lowest BCUT2D eigenvalue weighted by Crippen LogP contribution is -2.34. The van der Waals surface area contributed by atoms with Crippen LogP contribution in [0.1, 0.15) is 22.8 Å². The molecule has 0 radical (unpaired) electrons. The van der Waals surface area contributed by atoms with E-state index in [9.17, 15) is 9.59 Å². The van der Waals surface area contributed by atoms with Gasteiger partial charge < -0.3 is 9.64 Å². The van der Waals surface area contributed by atoms with Crippen LogP contribution in [0.3, 0.4) is 0 Å². The van der Waals surface area contributed by atoms with Crippen molar-refractivity contribution in [2.75, 3.05) is 14.1 Å². The number of ether oxygens (including phenoxy) is 1. The first-order valence-electron chi connectivity index (χ1n) is 5.38. The Kier molecular flexibility index (Phi) is 4.44. The fourth-order valence-electron chi connectivity index (χ4n) is 1.36. The van der Waals surface area contributed by atoms with Crippen LogP contribution in [0, 0.1) is 11.3 Å². The zero-order chi connectivity index (χ0) is 13.7. The maximum atomic E-state index is 11.7. The number of hydrogen-bond donors (Lipinski definition) is 0. The third-order valence-electron chi connectivity index (χ3n) is 2.30. The van der Waals surface area contributed by atoms with E-state index in [1.54, 1.807) is 26.2 Å². The Balaban J connectivity index is 2.77. The Bertz CT molecular complexity index is 503. The number of nitriles is 1. The number of likely N-dealkylation sites (N-methyl/N-ethyl adjacent to an activating group) is 1. The van der Waals surface area contributed by atoms with E-state index >= 15 is 0 Å². The van der Waals surface area contributed by atoms with E-state index in [0.717, 1.165) is 0 Å². The average Bonchev–Trinajstić information content (AvgIpc) is 2.37. The van der Waals surface area contributed by atoms with Gasteiger partial charge in [-0.25, -0.2) is 4.79 Å². The molecule has 0 saturated heterocycles. The van der Waals surface area contributed by atoms with Crippen molar-refractivity contribution in [3.8, 4) is 6.07 Å². The normalized spacial score (nSPS) is 11.2. The lowest BCUT2D eigenvalue weighted by atomic mass is 10.1. The van der Waals surface area contributed by atoms with E-state index in [1.165, 1.54) is 24.0 Å². The Morgan fingerprint density at radius 1 is 1.39 bits per heavy atom. The smallest absolute Gasteiger partial charge is 0.338 e. The molecule has 0 aliphatic heterocycles. The molecule has 1 rings (SSSR count). The van der Waals surface area contributed by atoms with Crippen LogP contribution < -0.4 is 0 Å². The highest BCUT2D eigenvalue weighted by atomic mass is 16.5. The minimum absolute atomic E-state index is 0.257. The molecule has 0 heterocycles. The van der Waals surface area contributed by atoms with Crippen molar-refractivity contribution in [1.82, 2.24) is 4.90 Å². The second kappa shape index (κ2) is 5.82. The first-order valence-corrected chi connectivity index (χ1v) is 5.38. The minimum Gasteiger partial charge on any atom is -0.449 e. The van der Waals surface area contributed by atoms with Gasteiger partial charge in [0.25, 0.3) is 5.91 Å². The molecule has 0 saturated carbocycles. The summed E-state index contributed by atoms with van der Waals surface area (Å²) in [6.45, 7) is 1.51. The van der Waals surface area contributed by atoms with Gasteiger partial charge in [0.1, 0.15) is 0 Å². The van der Waals surface area contributed by atoms with Gasteiger partial charge in [0.15, 0.2) is 6.10 Å². The second-order valence-electron chi connectivity index (χ2n) is 3.97. The summed E-state index contributed by atoms with van der Waals surface area (Å²) in [6.07, 6.45) is -0.849. The molecule has 0 unspecified atom stereocenters. The average molecular weight is 246 g/mol. The maximum absolute atomic E-state index is 11.7. The van der Waals surface area contributed by atoms with E-state index in [4.69, 9.17) is 10.00 Å². The summed E-state index contributed by atoms with van der Waals surface area (Å²) in [5.41, 5.74) is 0.628.